The first-order valence-corrected chi connectivity index (χ1v) is 10.4. The third-order valence-corrected chi connectivity index (χ3v) is 5.66. The van der Waals surface area contributed by atoms with Gasteiger partial charge < -0.3 is 5.32 Å². The largest absolute Gasteiger partial charge is 0.302 e. The molecule has 1 N–H and O–H groups in total. The minimum absolute atomic E-state index is 0.0303. The van der Waals surface area contributed by atoms with Crippen LogP contribution in [0.5, 0.6) is 0 Å². The van der Waals surface area contributed by atoms with Crippen molar-refractivity contribution in [1.82, 2.24) is 9.97 Å². The van der Waals surface area contributed by atoms with Gasteiger partial charge >= 0.3 is 0 Å². The lowest BCUT2D eigenvalue weighted by Crippen LogP contribution is -2.11. The summed E-state index contributed by atoms with van der Waals surface area (Å²) in [7, 11) is 0. The normalized spacial score (nSPS) is 10.8. The number of para-hydroxylation sites is 1. The predicted octanol–water partition coefficient (Wildman–Crippen LogP) is 5.48. The van der Waals surface area contributed by atoms with E-state index in [4.69, 9.17) is 0 Å². The molecule has 0 aliphatic heterocycles. The summed E-state index contributed by atoms with van der Waals surface area (Å²) < 4.78 is 0. The summed E-state index contributed by atoms with van der Waals surface area (Å²) in [6, 6.07) is 22.0. The van der Waals surface area contributed by atoms with Crippen LogP contribution in [0.1, 0.15) is 6.42 Å². The number of nitrogens with one attached hydrogen (secondary N) is 1. The highest BCUT2D eigenvalue weighted by atomic mass is 32.2. The Morgan fingerprint density at radius 2 is 1.78 bits per heavy atom. The van der Waals surface area contributed by atoms with Gasteiger partial charge in [0.2, 0.25) is 5.91 Å². The maximum absolute atomic E-state index is 12.2. The van der Waals surface area contributed by atoms with Gasteiger partial charge in [0.25, 0.3) is 0 Å². The molecule has 0 saturated heterocycles. The first-order valence-electron chi connectivity index (χ1n) is 8.57. The maximum atomic E-state index is 12.2. The second kappa shape index (κ2) is 8.33. The molecule has 0 radical (unpaired) electrons. The van der Waals surface area contributed by atoms with E-state index in [0.29, 0.717) is 17.3 Å². The van der Waals surface area contributed by atoms with Crippen LogP contribution in [0, 0.1) is 0 Å². The molecule has 0 aliphatic carbocycles. The number of hydrogen-bond donors (Lipinski definition) is 1. The highest BCUT2D eigenvalue weighted by Crippen LogP contribution is 2.25. The number of anilines is 1. The molecule has 2 aromatic carbocycles. The lowest BCUT2D eigenvalue weighted by Gasteiger charge is -2.03. The average molecular weight is 392 g/mol. The van der Waals surface area contributed by atoms with Crippen molar-refractivity contribution < 1.29 is 4.79 Å². The minimum atomic E-state index is -0.0303. The molecule has 0 saturated carbocycles. The summed E-state index contributed by atoms with van der Waals surface area (Å²) >= 11 is 3.03. The first kappa shape index (κ1) is 17.7. The molecule has 0 spiro atoms. The average Bonchev–Trinajstić information content (AvgIpc) is 3.17. The Morgan fingerprint density at radius 1 is 0.963 bits per heavy atom. The Labute approximate surface area is 165 Å². The first-order chi connectivity index (χ1) is 13.3. The van der Waals surface area contributed by atoms with Crippen molar-refractivity contribution in [3.63, 3.8) is 0 Å². The van der Waals surface area contributed by atoms with Gasteiger partial charge in [-0.1, -0.05) is 54.6 Å². The smallest absolute Gasteiger partial charge is 0.226 e. The molecule has 4 nitrogen and oxygen atoms in total. The molecule has 0 fully saturated rings. The Morgan fingerprint density at radius 3 is 2.67 bits per heavy atom. The summed E-state index contributed by atoms with van der Waals surface area (Å²) in [6.07, 6.45) is 0.416. The molecule has 134 valence electrons. The van der Waals surface area contributed by atoms with Crippen molar-refractivity contribution in [3.8, 4) is 11.3 Å². The van der Waals surface area contributed by atoms with Gasteiger partial charge in [0.15, 0.2) is 5.13 Å². The van der Waals surface area contributed by atoms with E-state index < -0.39 is 0 Å². The Balaban J connectivity index is 1.30. The second-order valence-corrected chi connectivity index (χ2v) is 7.87. The Hall–Kier alpha value is -2.70. The predicted molar refractivity (Wildman–Crippen MR) is 113 cm³/mol. The molecular weight excluding hydrogens is 374 g/mol. The molecule has 2 aromatic heterocycles. The van der Waals surface area contributed by atoms with E-state index in [0.717, 1.165) is 27.2 Å². The van der Waals surface area contributed by atoms with Crippen LogP contribution in [-0.4, -0.2) is 21.6 Å². The summed E-state index contributed by atoms with van der Waals surface area (Å²) in [5.41, 5.74) is 2.90. The molecule has 0 bridgehead atoms. The van der Waals surface area contributed by atoms with Crippen LogP contribution in [0.2, 0.25) is 0 Å². The number of carbonyl (C=O) groups is 1. The van der Waals surface area contributed by atoms with E-state index in [1.807, 2.05) is 66.0 Å². The fraction of sp³-hybridized carbons (Fsp3) is 0.0952. The van der Waals surface area contributed by atoms with Crippen molar-refractivity contribution in [1.29, 1.82) is 0 Å². The number of nitrogens with zero attached hydrogens (tertiary/aromatic N) is 2. The van der Waals surface area contributed by atoms with Crippen molar-refractivity contribution in [2.45, 2.75) is 11.4 Å². The quantitative estimate of drug-likeness (QED) is 0.442. The standard InChI is InChI=1S/C21H17N3OS2/c25-19(24-21-23-18(14-27-21)15-6-2-1-3-7-15)12-13-26-20-11-10-16-8-4-5-9-17(16)22-20/h1-11,14H,12-13H2,(H,23,24,25). The lowest BCUT2D eigenvalue weighted by molar-refractivity contribution is -0.115. The molecule has 4 rings (SSSR count). The topological polar surface area (TPSA) is 54.9 Å². The molecule has 2 heterocycles. The Bertz CT molecular complexity index is 1060. The third-order valence-electron chi connectivity index (χ3n) is 3.97. The fourth-order valence-corrected chi connectivity index (χ4v) is 4.19. The summed E-state index contributed by atoms with van der Waals surface area (Å²) in [6.45, 7) is 0. The monoisotopic (exact) mass is 391 g/mol. The zero-order valence-electron chi connectivity index (χ0n) is 14.5. The summed E-state index contributed by atoms with van der Waals surface area (Å²) in [4.78, 5) is 21.3. The van der Waals surface area contributed by atoms with E-state index in [1.165, 1.54) is 11.3 Å². The molecule has 1 amide bonds. The summed E-state index contributed by atoms with van der Waals surface area (Å²) in [5, 5.41) is 7.53. The fourth-order valence-electron chi connectivity index (χ4n) is 2.63. The van der Waals surface area contributed by atoms with Gasteiger partial charge in [0.1, 0.15) is 0 Å². The number of rotatable bonds is 6. The highest BCUT2D eigenvalue weighted by molar-refractivity contribution is 7.99. The molecular formula is C21H17N3OS2. The van der Waals surface area contributed by atoms with Crippen LogP contribution < -0.4 is 5.32 Å². The SMILES string of the molecule is O=C(CCSc1ccc2ccccc2n1)Nc1nc(-c2ccccc2)cs1. The molecule has 27 heavy (non-hydrogen) atoms. The van der Waals surface area contributed by atoms with Crippen LogP contribution in [0.25, 0.3) is 22.2 Å². The zero-order valence-corrected chi connectivity index (χ0v) is 16.1. The van der Waals surface area contributed by atoms with Crippen molar-refractivity contribution in [2.75, 3.05) is 11.1 Å². The van der Waals surface area contributed by atoms with E-state index in [2.05, 4.69) is 21.4 Å². The molecule has 0 atom stereocenters. The minimum Gasteiger partial charge on any atom is -0.302 e. The van der Waals surface area contributed by atoms with Crippen molar-refractivity contribution >= 4 is 45.0 Å². The number of thioether (sulfide) groups is 1. The number of fused-ring (bicyclic) bond motifs is 1. The number of pyridine rings is 1. The van der Waals surface area contributed by atoms with Gasteiger partial charge in [0, 0.05) is 28.5 Å². The zero-order chi connectivity index (χ0) is 18.5. The molecule has 0 unspecified atom stereocenters. The second-order valence-electron chi connectivity index (χ2n) is 5.89. The van der Waals surface area contributed by atoms with Gasteiger partial charge in [0.05, 0.1) is 16.2 Å². The maximum Gasteiger partial charge on any atom is 0.226 e. The highest BCUT2D eigenvalue weighted by Gasteiger charge is 2.08. The van der Waals surface area contributed by atoms with Gasteiger partial charge in [-0.25, -0.2) is 9.97 Å². The molecule has 0 aliphatic rings. The number of benzene rings is 2. The van der Waals surface area contributed by atoms with Crippen LogP contribution in [0.15, 0.2) is 77.1 Å². The van der Waals surface area contributed by atoms with E-state index in [9.17, 15) is 4.79 Å². The number of hydrogen-bond acceptors (Lipinski definition) is 5. The van der Waals surface area contributed by atoms with E-state index in [1.54, 1.807) is 11.8 Å². The summed E-state index contributed by atoms with van der Waals surface area (Å²) in [5.74, 6) is 0.644. The van der Waals surface area contributed by atoms with Crippen LogP contribution in [-0.2, 0) is 4.79 Å². The Kier molecular flexibility index (Phi) is 5.46. The third kappa shape index (κ3) is 4.53. The van der Waals surface area contributed by atoms with Gasteiger partial charge in [-0.3, -0.25) is 4.79 Å². The number of thiazole rings is 1. The number of carbonyl (C=O) groups excluding carboxylic acids is 1. The van der Waals surface area contributed by atoms with Crippen LogP contribution >= 0.6 is 23.1 Å². The van der Waals surface area contributed by atoms with E-state index in [-0.39, 0.29) is 5.91 Å². The van der Waals surface area contributed by atoms with Crippen LogP contribution in [0.3, 0.4) is 0 Å². The van der Waals surface area contributed by atoms with Crippen molar-refractivity contribution in [2.24, 2.45) is 0 Å². The van der Waals surface area contributed by atoms with Gasteiger partial charge in [-0.2, -0.15) is 0 Å². The van der Waals surface area contributed by atoms with Crippen LogP contribution in [0.4, 0.5) is 5.13 Å². The molecule has 4 aromatic rings. The number of aromatic nitrogens is 2. The van der Waals surface area contributed by atoms with Gasteiger partial charge in [-0.15, -0.1) is 23.1 Å². The molecule has 6 heteroatoms. The van der Waals surface area contributed by atoms with E-state index >= 15 is 0 Å². The number of amides is 1. The van der Waals surface area contributed by atoms with Crippen molar-refractivity contribution in [3.05, 3.63) is 72.1 Å². The lowest BCUT2D eigenvalue weighted by atomic mass is 10.2. The van der Waals surface area contributed by atoms with Gasteiger partial charge in [-0.05, 0) is 12.1 Å².